The van der Waals surface area contributed by atoms with Crippen molar-refractivity contribution in [1.82, 2.24) is 9.21 Å². The Morgan fingerprint density at radius 2 is 1.83 bits per heavy atom. The van der Waals surface area contributed by atoms with E-state index in [0.717, 1.165) is 36.0 Å². The second-order valence-corrected chi connectivity index (χ2v) is 12.0. The SMILES string of the molecule is Cc1ccc(-c2ccc3c(c2)O[C@@H](CN(C)C(=O)C2CCC2)[C@H](C)CN([C@@H](C)CO)S3(=O)=O)cc1. The molecule has 0 unspecified atom stereocenters. The molecule has 2 aromatic rings. The fourth-order valence-corrected chi connectivity index (χ4v) is 6.52. The van der Waals surface area contributed by atoms with Gasteiger partial charge in [0.05, 0.1) is 13.2 Å². The van der Waals surface area contributed by atoms with Crippen molar-refractivity contribution in [1.29, 1.82) is 0 Å². The molecule has 0 aromatic heterocycles. The first-order chi connectivity index (χ1) is 16.6. The topological polar surface area (TPSA) is 87.2 Å². The van der Waals surface area contributed by atoms with E-state index >= 15 is 0 Å². The number of benzene rings is 2. The Labute approximate surface area is 208 Å². The minimum absolute atomic E-state index is 0.0792. The molecule has 1 aliphatic heterocycles. The molecule has 1 heterocycles. The lowest BCUT2D eigenvalue weighted by atomic mass is 9.84. The number of carbonyl (C=O) groups is 1. The van der Waals surface area contributed by atoms with Crippen molar-refractivity contribution in [3.63, 3.8) is 0 Å². The van der Waals surface area contributed by atoms with Crippen LogP contribution in [-0.4, -0.2) is 67.5 Å². The van der Waals surface area contributed by atoms with Crippen molar-refractivity contribution in [2.45, 2.75) is 57.1 Å². The van der Waals surface area contributed by atoms with E-state index in [9.17, 15) is 18.3 Å². The van der Waals surface area contributed by atoms with E-state index in [-0.39, 0.29) is 41.5 Å². The Morgan fingerprint density at radius 1 is 1.17 bits per heavy atom. The number of aliphatic hydroxyl groups is 1. The maximum absolute atomic E-state index is 13.7. The number of amides is 1. The van der Waals surface area contributed by atoms with Crippen LogP contribution >= 0.6 is 0 Å². The van der Waals surface area contributed by atoms with Gasteiger partial charge in [0.1, 0.15) is 16.7 Å². The molecule has 1 fully saturated rings. The highest BCUT2D eigenvalue weighted by Crippen LogP contribution is 2.37. The maximum Gasteiger partial charge on any atom is 0.247 e. The summed E-state index contributed by atoms with van der Waals surface area (Å²) in [6.07, 6.45) is 2.53. The largest absolute Gasteiger partial charge is 0.487 e. The Morgan fingerprint density at radius 3 is 2.43 bits per heavy atom. The average Bonchev–Trinajstić information content (AvgIpc) is 2.79. The molecule has 1 amide bonds. The van der Waals surface area contributed by atoms with Crippen LogP contribution in [-0.2, 0) is 14.8 Å². The number of hydrogen-bond donors (Lipinski definition) is 1. The van der Waals surface area contributed by atoms with Gasteiger partial charge in [-0.3, -0.25) is 4.79 Å². The van der Waals surface area contributed by atoms with Crippen LogP contribution in [0.5, 0.6) is 5.75 Å². The molecule has 4 rings (SSSR count). The lowest BCUT2D eigenvalue weighted by molar-refractivity contribution is -0.138. The van der Waals surface area contributed by atoms with E-state index in [1.165, 1.54) is 4.31 Å². The highest BCUT2D eigenvalue weighted by molar-refractivity contribution is 7.89. The molecule has 1 saturated carbocycles. The van der Waals surface area contributed by atoms with Gasteiger partial charge in [-0.05, 0) is 49.9 Å². The van der Waals surface area contributed by atoms with Gasteiger partial charge in [0.15, 0.2) is 0 Å². The summed E-state index contributed by atoms with van der Waals surface area (Å²) in [5, 5.41) is 9.82. The Balaban J connectivity index is 1.74. The zero-order chi connectivity index (χ0) is 25.3. The molecule has 35 heavy (non-hydrogen) atoms. The molecule has 0 saturated heterocycles. The van der Waals surface area contributed by atoms with Crippen LogP contribution in [0.1, 0.15) is 38.7 Å². The predicted octanol–water partition coefficient (Wildman–Crippen LogP) is 3.69. The van der Waals surface area contributed by atoms with Crippen molar-refractivity contribution in [2.75, 3.05) is 26.7 Å². The smallest absolute Gasteiger partial charge is 0.247 e. The van der Waals surface area contributed by atoms with Gasteiger partial charge < -0.3 is 14.7 Å². The molecule has 0 spiro atoms. The maximum atomic E-state index is 13.7. The van der Waals surface area contributed by atoms with Gasteiger partial charge in [-0.2, -0.15) is 4.31 Å². The monoisotopic (exact) mass is 500 g/mol. The van der Waals surface area contributed by atoms with Gasteiger partial charge in [0.2, 0.25) is 15.9 Å². The van der Waals surface area contributed by atoms with Crippen LogP contribution in [0.4, 0.5) is 0 Å². The van der Waals surface area contributed by atoms with Gasteiger partial charge in [0.25, 0.3) is 0 Å². The van der Waals surface area contributed by atoms with Crippen LogP contribution in [0.3, 0.4) is 0 Å². The average molecular weight is 501 g/mol. The summed E-state index contributed by atoms with van der Waals surface area (Å²) < 4.78 is 35.1. The third kappa shape index (κ3) is 5.25. The number of nitrogens with zero attached hydrogens (tertiary/aromatic N) is 2. The summed E-state index contributed by atoms with van der Waals surface area (Å²) in [5.74, 6) is 0.275. The second kappa shape index (κ2) is 10.3. The number of aliphatic hydroxyl groups excluding tert-OH is 1. The standard InChI is InChI=1S/C27H36N2O5S/c1-18-8-10-21(11-9-18)23-12-13-26-24(14-23)34-25(16-28(4)27(31)22-6-5-7-22)19(2)15-29(20(3)17-30)35(26,32)33/h8-14,19-20,22,25,30H,5-7,15-17H2,1-4H3/t19-,20+,25+/m1/s1. The number of rotatable bonds is 6. The van der Waals surface area contributed by atoms with Gasteiger partial charge in [0, 0.05) is 31.5 Å². The number of carbonyl (C=O) groups excluding carboxylic acids is 1. The number of aryl methyl sites for hydroxylation is 1. The summed E-state index contributed by atoms with van der Waals surface area (Å²) >= 11 is 0. The molecular formula is C27H36N2O5S. The van der Waals surface area contributed by atoms with E-state index < -0.39 is 22.2 Å². The Hall–Kier alpha value is -2.42. The van der Waals surface area contributed by atoms with E-state index in [4.69, 9.17) is 4.74 Å². The third-order valence-corrected chi connectivity index (χ3v) is 9.36. The second-order valence-electron chi connectivity index (χ2n) is 10.1. The summed E-state index contributed by atoms with van der Waals surface area (Å²) in [6.45, 7) is 5.94. The number of sulfonamides is 1. The molecule has 1 aliphatic carbocycles. The van der Waals surface area contributed by atoms with Crippen LogP contribution in [0.15, 0.2) is 47.4 Å². The normalized spacial score (nSPS) is 23.2. The van der Waals surface area contributed by atoms with Crippen molar-refractivity contribution < 1.29 is 23.1 Å². The molecule has 1 N–H and O–H groups in total. The quantitative estimate of drug-likeness (QED) is 0.654. The highest BCUT2D eigenvalue weighted by Gasteiger charge is 2.39. The minimum atomic E-state index is -3.90. The Kier molecular flexibility index (Phi) is 7.54. The van der Waals surface area contributed by atoms with Gasteiger partial charge >= 0.3 is 0 Å². The minimum Gasteiger partial charge on any atom is -0.487 e. The van der Waals surface area contributed by atoms with Crippen molar-refractivity contribution in [2.24, 2.45) is 11.8 Å². The van der Waals surface area contributed by atoms with Crippen LogP contribution in [0.2, 0.25) is 0 Å². The lowest BCUT2D eigenvalue weighted by Crippen LogP contribution is -2.50. The molecule has 2 aliphatic rings. The Bertz CT molecular complexity index is 1160. The van der Waals surface area contributed by atoms with Crippen molar-refractivity contribution >= 4 is 15.9 Å². The first kappa shape index (κ1) is 25.7. The van der Waals surface area contributed by atoms with Crippen LogP contribution in [0.25, 0.3) is 11.1 Å². The van der Waals surface area contributed by atoms with Gasteiger partial charge in [-0.15, -0.1) is 0 Å². The predicted molar refractivity (Wildman–Crippen MR) is 136 cm³/mol. The first-order valence-corrected chi connectivity index (χ1v) is 13.8. The van der Waals surface area contributed by atoms with Gasteiger partial charge in [-0.1, -0.05) is 49.2 Å². The van der Waals surface area contributed by atoms with E-state index in [0.29, 0.717) is 6.54 Å². The summed E-state index contributed by atoms with van der Waals surface area (Å²) in [7, 11) is -2.11. The van der Waals surface area contributed by atoms with E-state index in [2.05, 4.69) is 0 Å². The lowest BCUT2D eigenvalue weighted by Gasteiger charge is -2.38. The zero-order valence-electron chi connectivity index (χ0n) is 21.0. The number of hydrogen-bond acceptors (Lipinski definition) is 5. The van der Waals surface area contributed by atoms with Crippen molar-refractivity contribution in [3.05, 3.63) is 48.0 Å². The molecule has 2 aromatic carbocycles. The number of fused-ring (bicyclic) bond motifs is 1. The molecule has 0 radical (unpaired) electrons. The summed E-state index contributed by atoms with van der Waals surface area (Å²) in [5.41, 5.74) is 2.95. The zero-order valence-corrected chi connectivity index (χ0v) is 21.8. The van der Waals surface area contributed by atoms with Crippen molar-refractivity contribution in [3.8, 4) is 16.9 Å². The fraction of sp³-hybridized carbons (Fsp3) is 0.519. The third-order valence-electron chi connectivity index (χ3n) is 7.34. The molecule has 3 atom stereocenters. The van der Waals surface area contributed by atoms with Gasteiger partial charge in [-0.25, -0.2) is 8.42 Å². The number of likely N-dealkylation sites (N-methyl/N-ethyl adjacent to an activating group) is 1. The van der Waals surface area contributed by atoms with E-state index in [1.54, 1.807) is 37.1 Å². The van der Waals surface area contributed by atoms with Crippen LogP contribution < -0.4 is 4.74 Å². The first-order valence-electron chi connectivity index (χ1n) is 12.4. The summed E-state index contributed by atoms with van der Waals surface area (Å²) in [4.78, 5) is 14.6. The summed E-state index contributed by atoms with van der Waals surface area (Å²) in [6, 6.07) is 12.6. The molecule has 190 valence electrons. The molecular weight excluding hydrogens is 464 g/mol. The van der Waals surface area contributed by atoms with Crippen LogP contribution in [0, 0.1) is 18.8 Å². The number of ether oxygens (including phenoxy) is 1. The highest BCUT2D eigenvalue weighted by atomic mass is 32.2. The molecule has 8 heteroatoms. The molecule has 7 nitrogen and oxygen atoms in total. The molecule has 0 bridgehead atoms. The fourth-order valence-electron chi connectivity index (χ4n) is 4.70. The van der Waals surface area contributed by atoms with E-state index in [1.807, 2.05) is 38.1 Å².